The largest absolute Gasteiger partial charge is 0.0683 e. The first kappa shape index (κ1) is 26.5. The lowest BCUT2D eigenvalue weighted by atomic mass is 9.91. The van der Waals surface area contributed by atoms with Crippen molar-refractivity contribution < 1.29 is 0 Å². The van der Waals surface area contributed by atoms with E-state index in [2.05, 4.69) is 27.7 Å². The van der Waals surface area contributed by atoms with Crippen LogP contribution in [0.25, 0.3) is 0 Å². The van der Waals surface area contributed by atoms with Gasteiger partial charge in [-0.15, -0.1) is 0 Å². The van der Waals surface area contributed by atoms with E-state index in [1.807, 2.05) is 41.5 Å². The van der Waals surface area contributed by atoms with Crippen molar-refractivity contribution in [3.63, 3.8) is 0 Å². The van der Waals surface area contributed by atoms with Crippen LogP contribution in [0.2, 0.25) is 0 Å². The van der Waals surface area contributed by atoms with Crippen LogP contribution >= 0.6 is 0 Å². The molecule has 0 amide bonds. The second-order valence-corrected chi connectivity index (χ2v) is 4.15. The van der Waals surface area contributed by atoms with Gasteiger partial charge in [-0.1, -0.05) is 108 Å². The van der Waals surface area contributed by atoms with Crippen LogP contribution in [0.15, 0.2) is 0 Å². The molecule has 0 heteroatoms. The van der Waals surface area contributed by atoms with Gasteiger partial charge in [-0.05, 0) is 11.8 Å². The zero-order chi connectivity index (χ0) is 15.4. The Morgan fingerprint density at radius 2 is 1.00 bits per heavy atom. The molecule has 0 saturated heterocycles. The first-order valence-corrected chi connectivity index (χ1v) is 8.74. The summed E-state index contributed by atoms with van der Waals surface area (Å²) in [5.41, 5.74) is 0. The molecule has 0 aromatic rings. The third-order valence-electron chi connectivity index (χ3n) is 3.00. The van der Waals surface area contributed by atoms with Gasteiger partial charge in [-0.2, -0.15) is 0 Å². The molecule has 0 aromatic carbocycles. The Balaban J connectivity index is -0.000000141. The molecule has 116 valence electrons. The maximum absolute atomic E-state index is 2.39. The zero-order valence-electron chi connectivity index (χ0n) is 15.4. The molecule has 0 heterocycles. The first-order valence-electron chi connectivity index (χ1n) is 8.74. The van der Waals surface area contributed by atoms with Gasteiger partial charge in [-0.25, -0.2) is 0 Å². The van der Waals surface area contributed by atoms with E-state index in [4.69, 9.17) is 0 Å². The Bertz CT molecular complexity index is 82.0. The minimum Gasteiger partial charge on any atom is -0.0683 e. The molecule has 0 bridgehead atoms. The summed E-state index contributed by atoms with van der Waals surface area (Å²) in [5.74, 6) is 1.94. The van der Waals surface area contributed by atoms with Crippen molar-refractivity contribution in [1.82, 2.24) is 0 Å². The Kier molecular flexibility index (Phi) is 44.6. The van der Waals surface area contributed by atoms with Gasteiger partial charge in [0.25, 0.3) is 0 Å². The standard InChI is InChI=1S/C12H26.3C2H6/c1-5-8-11(4)9-10-12(6-2)7-3;3*1-2/h11-12H,5-10H2,1-4H3;3*1-2H3. The summed E-state index contributed by atoms with van der Waals surface area (Å²) in [6.45, 7) is 21.3. The van der Waals surface area contributed by atoms with Crippen molar-refractivity contribution in [1.29, 1.82) is 0 Å². The average Bonchev–Trinajstić information content (AvgIpc) is 2.47. The highest BCUT2D eigenvalue weighted by Gasteiger charge is 2.06. The molecule has 0 nitrogen and oxygen atoms in total. The second kappa shape index (κ2) is 30.2. The van der Waals surface area contributed by atoms with E-state index in [-0.39, 0.29) is 0 Å². The van der Waals surface area contributed by atoms with E-state index in [1.165, 1.54) is 38.5 Å². The van der Waals surface area contributed by atoms with Gasteiger partial charge in [0.15, 0.2) is 0 Å². The molecule has 1 unspecified atom stereocenters. The summed E-state index contributed by atoms with van der Waals surface area (Å²) in [5, 5.41) is 0. The quantitative estimate of drug-likeness (QED) is 0.439. The van der Waals surface area contributed by atoms with Crippen LogP contribution in [-0.4, -0.2) is 0 Å². The molecular formula is C18H44. The lowest BCUT2D eigenvalue weighted by Crippen LogP contribution is -2.01. The minimum atomic E-state index is 0.954. The molecular weight excluding hydrogens is 216 g/mol. The van der Waals surface area contributed by atoms with Gasteiger partial charge >= 0.3 is 0 Å². The summed E-state index contributed by atoms with van der Waals surface area (Å²) in [4.78, 5) is 0. The maximum atomic E-state index is 2.39. The first-order chi connectivity index (χ1) is 8.74. The molecule has 18 heavy (non-hydrogen) atoms. The highest BCUT2D eigenvalue weighted by Crippen LogP contribution is 2.20. The van der Waals surface area contributed by atoms with Gasteiger partial charge in [0.2, 0.25) is 0 Å². The maximum Gasteiger partial charge on any atom is -0.0419 e. The fraction of sp³-hybridized carbons (Fsp3) is 1.00. The van der Waals surface area contributed by atoms with Gasteiger partial charge < -0.3 is 0 Å². The zero-order valence-corrected chi connectivity index (χ0v) is 15.4. The van der Waals surface area contributed by atoms with Crippen molar-refractivity contribution in [3.8, 4) is 0 Å². The number of rotatable bonds is 7. The summed E-state index contributed by atoms with van der Waals surface area (Å²) < 4.78 is 0. The van der Waals surface area contributed by atoms with Crippen molar-refractivity contribution in [2.45, 2.75) is 108 Å². The lowest BCUT2D eigenvalue weighted by molar-refractivity contribution is 0.377. The number of hydrogen-bond acceptors (Lipinski definition) is 0. The molecule has 0 spiro atoms. The molecule has 0 N–H and O–H groups in total. The van der Waals surface area contributed by atoms with Crippen molar-refractivity contribution >= 4 is 0 Å². The van der Waals surface area contributed by atoms with Crippen molar-refractivity contribution in [2.75, 3.05) is 0 Å². The van der Waals surface area contributed by atoms with Crippen LogP contribution in [0, 0.1) is 11.8 Å². The minimum absolute atomic E-state index is 0.954. The highest BCUT2D eigenvalue weighted by molar-refractivity contribution is 4.59. The Hall–Kier alpha value is 0. The van der Waals surface area contributed by atoms with Crippen LogP contribution in [0.5, 0.6) is 0 Å². The predicted molar refractivity (Wildman–Crippen MR) is 91.4 cm³/mol. The third kappa shape index (κ3) is 25.0. The van der Waals surface area contributed by atoms with Crippen LogP contribution in [-0.2, 0) is 0 Å². The fourth-order valence-corrected chi connectivity index (χ4v) is 1.85. The summed E-state index contributed by atoms with van der Waals surface area (Å²) in [6.07, 6.45) is 8.41. The topological polar surface area (TPSA) is 0 Å². The van der Waals surface area contributed by atoms with Gasteiger partial charge in [0.05, 0.1) is 0 Å². The van der Waals surface area contributed by atoms with E-state index in [0.29, 0.717) is 0 Å². The van der Waals surface area contributed by atoms with Crippen LogP contribution in [0.4, 0.5) is 0 Å². The summed E-state index contributed by atoms with van der Waals surface area (Å²) in [6, 6.07) is 0. The van der Waals surface area contributed by atoms with E-state index >= 15 is 0 Å². The third-order valence-corrected chi connectivity index (χ3v) is 3.00. The highest BCUT2D eigenvalue weighted by atomic mass is 14.1. The van der Waals surface area contributed by atoms with E-state index < -0.39 is 0 Å². The second-order valence-electron chi connectivity index (χ2n) is 4.15. The molecule has 0 radical (unpaired) electrons. The normalized spacial score (nSPS) is 10.2. The van der Waals surface area contributed by atoms with E-state index in [9.17, 15) is 0 Å². The smallest absolute Gasteiger partial charge is 0.0419 e. The summed E-state index contributed by atoms with van der Waals surface area (Å²) in [7, 11) is 0. The molecule has 0 aliphatic carbocycles. The number of hydrogen-bond donors (Lipinski definition) is 0. The van der Waals surface area contributed by atoms with Crippen LogP contribution in [0.1, 0.15) is 108 Å². The Morgan fingerprint density at radius 3 is 1.28 bits per heavy atom. The van der Waals surface area contributed by atoms with E-state index in [0.717, 1.165) is 11.8 Å². The molecule has 0 fully saturated rings. The molecule has 0 saturated carbocycles. The summed E-state index contributed by atoms with van der Waals surface area (Å²) >= 11 is 0. The van der Waals surface area contributed by atoms with Gasteiger partial charge in [0, 0.05) is 0 Å². The van der Waals surface area contributed by atoms with Crippen LogP contribution < -0.4 is 0 Å². The Labute approximate surface area is 120 Å². The van der Waals surface area contributed by atoms with Gasteiger partial charge in [0.1, 0.15) is 0 Å². The predicted octanol–water partition coefficient (Wildman–Crippen LogP) is 7.72. The molecule has 0 aliphatic rings. The average molecular weight is 261 g/mol. The lowest BCUT2D eigenvalue weighted by Gasteiger charge is -2.15. The van der Waals surface area contributed by atoms with Crippen LogP contribution in [0.3, 0.4) is 0 Å². The molecule has 0 rings (SSSR count). The SMILES string of the molecule is CC.CC.CC.CCCC(C)CCC(CC)CC. The molecule has 1 atom stereocenters. The van der Waals surface area contributed by atoms with E-state index in [1.54, 1.807) is 0 Å². The Morgan fingerprint density at radius 1 is 0.611 bits per heavy atom. The fourth-order valence-electron chi connectivity index (χ4n) is 1.85. The monoisotopic (exact) mass is 260 g/mol. The molecule has 0 aliphatic heterocycles. The molecule has 0 aromatic heterocycles. The van der Waals surface area contributed by atoms with Crippen molar-refractivity contribution in [3.05, 3.63) is 0 Å². The van der Waals surface area contributed by atoms with Crippen molar-refractivity contribution in [2.24, 2.45) is 11.8 Å². The van der Waals surface area contributed by atoms with Gasteiger partial charge in [-0.3, -0.25) is 0 Å².